The topological polar surface area (TPSA) is 84.2 Å². The highest BCUT2D eigenvalue weighted by molar-refractivity contribution is 5.90. The summed E-state index contributed by atoms with van der Waals surface area (Å²) >= 11 is 0. The SMILES string of the molecule is CC(C)C(N)CNC(=O)[C@H]1CCC(=O)N1. The fourth-order valence-electron chi connectivity index (χ4n) is 1.39. The molecule has 0 aliphatic carbocycles. The second-order valence-electron chi connectivity index (χ2n) is 4.31. The largest absolute Gasteiger partial charge is 0.353 e. The number of carbonyl (C=O) groups is 2. The summed E-state index contributed by atoms with van der Waals surface area (Å²) < 4.78 is 0. The molecule has 1 unspecified atom stereocenters. The van der Waals surface area contributed by atoms with Crippen molar-refractivity contribution in [3.05, 3.63) is 0 Å². The Bertz CT molecular complexity index is 253. The lowest BCUT2D eigenvalue weighted by Gasteiger charge is -2.17. The van der Waals surface area contributed by atoms with E-state index < -0.39 is 0 Å². The Kier molecular flexibility index (Phi) is 4.08. The summed E-state index contributed by atoms with van der Waals surface area (Å²) in [6.07, 6.45) is 1.02. The van der Waals surface area contributed by atoms with Crippen LogP contribution in [0.2, 0.25) is 0 Å². The van der Waals surface area contributed by atoms with E-state index >= 15 is 0 Å². The monoisotopic (exact) mass is 213 g/mol. The fraction of sp³-hybridized carbons (Fsp3) is 0.800. The molecule has 5 heteroatoms. The van der Waals surface area contributed by atoms with Crippen LogP contribution < -0.4 is 16.4 Å². The van der Waals surface area contributed by atoms with Gasteiger partial charge in [-0.15, -0.1) is 0 Å². The first kappa shape index (κ1) is 12.0. The molecule has 2 atom stereocenters. The van der Waals surface area contributed by atoms with Gasteiger partial charge in [0.1, 0.15) is 6.04 Å². The Balaban J connectivity index is 2.27. The van der Waals surface area contributed by atoms with Crippen LogP contribution in [0.4, 0.5) is 0 Å². The highest BCUT2D eigenvalue weighted by Crippen LogP contribution is 2.06. The normalized spacial score (nSPS) is 22.7. The van der Waals surface area contributed by atoms with Crippen LogP contribution in [-0.4, -0.2) is 30.4 Å². The van der Waals surface area contributed by atoms with Crippen LogP contribution in [0.15, 0.2) is 0 Å². The number of carbonyl (C=O) groups excluding carboxylic acids is 2. The van der Waals surface area contributed by atoms with E-state index in [1.54, 1.807) is 0 Å². The zero-order valence-corrected chi connectivity index (χ0v) is 9.25. The van der Waals surface area contributed by atoms with E-state index in [4.69, 9.17) is 5.73 Å². The van der Waals surface area contributed by atoms with Gasteiger partial charge in [-0.05, 0) is 12.3 Å². The molecule has 2 amide bonds. The predicted molar refractivity (Wildman–Crippen MR) is 57.0 cm³/mol. The van der Waals surface area contributed by atoms with Crippen molar-refractivity contribution in [1.29, 1.82) is 0 Å². The van der Waals surface area contributed by atoms with Crippen LogP contribution in [0.25, 0.3) is 0 Å². The van der Waals surface area contributed by atoms with E-state index in [1.165, 1.54) is 0 Å². The quantitative estimate of drug-likeness (QED) is 0.581. The number of hydrogen-bond acceptors (Lipinski definition) is 3. The number of nitrogens with one attached hydrogen (secondary N) is 2. The second kappa shape index (κ2) is 5.11. The molecule has 4 N–H and O–H groups in total. The van der Waals surface area contributed by atoms with Crippen LogP contribution in [0.3, 0.4) is 0 Å². The molecule has 0 bridgehead atoms. The van der Waals surface area contributed by atoms with Crippen molar-refractivity contribution in [3.8, 4) is 0 Å². The smallest absolute Gasteiger partial charge is 0.242 e. The standard InChI is InChI=1S/C10H19N3O2/c1-6(2)7(11)5-12-10(15)8-3-4-9(14)13-8/h6-8H,3-5,11H2,1-2H3,(H,12,15)(H,13,14)/t7?,8-/m1/s1. The Morgan fingerprint density at radius 2 is 2.33 bits per heavy atom. The van der Waals surface area contributed by atoms with Crippen molar-refractivity contribution >= 4 is 11.8 Å². The molecule has 1 saturated heterocycles. The number of hydrogen-bond donors (Lipinski definition) is 3. The van der Waals surface area contributed by atoms with Gasteiger partial charge in [-0.25, -0.2) is 0 Å². The lowest BCUT2D eigenvalue weighted by Crippen LogP contribution is -2.47. The molecule has 0 saturated carbocycles. The lowest BCUT2D eigenvalue weighted by molar-refractivity contribution is -0.125. The summed E-state index contributed by atoms with van der Waals surface area (Å²) in [5.74, 6) is 0.156. The minimum Gasteiger partial charge on any atom is -0.353 e. The number of nitrogens with two attached hydrogens (primary N) is 1. The van der Waals surface area contributed by atoms with Gasteiger partial charge in [-0.2, -0.15) is 0 Å². The van der Waals surface area contributed by atoms with Gasteiger partial charge >= 0.3 is 0 Å². The number of rotatable bonds is 4. The molecule has 1 aliphatic rings. The highest BCUT2D eigenvalue weighted by atomic mass is 16.2. The minimum absolute atomic E-state index is 0.0361. The highest BCUT2D eigenvalue weighted by Gasteiger charge is 2.27. The first-order valence-electron chi connectivity index (χ1n) is 5.33. The van der Waals surface area contributed by atoms with E-state index in [-0.39, 0.29) is 23.9 Å². The summed E-state index contributed by atoms with van der Waals surface area (Å²) in [6, 6.07) is -0.400. The number of amides is 2. The van der Waals surface area contributed by atoms with Crippen LogP contribution >= 0.6 is 0 Å². The Morgan fingerprint density at radius 1 is 1.67 bits per heavy atom. The molecule has 0 aromatic rings. The molecule has 1 fully saturated rings. The lowest BCUT2D eigenvalue weighted by atomic mass is 10.1. The third kappa shape index (κ3) is 3.51. The average Bonchev–Trinajstić information content (AvgIpc) is 2.60. The van der Waals surface area contributed by atoms with Crippen LogP contribution in [0.5, 0.6) is 0 Å². The van der Waals surface area contributed by atoms with Crippen LogP contribution in [0, 0.1) is 5.92 Å². The van der Waals surface area contributed by atoms with Crippen molar-refractivity contribution in [2.24, 2.45) is 11.7 Å². The van der Waals surface area contributed by atoms with Gasteiger partial charge in [0, 0.05) is 19.0 Å². The summed E-state index contributed by atoms with van der Waals surface area (Å²) in [5, 5.41) is 5.36. The molecule has 86 valence electrons. The average molecular weight is 213 g/mol. The van der Waals surface area contributed by atoms with Gasteiger partial charge in [0.15, 0.2) is 0 Å². The van der Waals surface area contributed by atoms with E-state index in [1.807, 2.05) is 13.8 Å². The van der Waals surface area contributed by atoms with Gasteiger partial charge in [-0.3, -0.25) is 9.59 Å². The van der Waals surface area contributed by atoms with Crippen LogP contribution in [-0.2, 0) is 9.59 Å². The third-order valence-corrected chi connectivity index (χ3v) is 2.68. The molecule has 15 heavy (non-hydrogen) atoms. The van der Waals surface area contributed by atoms with Gasteiger partial charge in [0.2, 0.25) is 11.8 Å². The Labute approximate surface area is 89.8 Å². The minimum atomic E-state index is -0.364. The van der Waals surface area contributed by atoms with E-state index in [9.17, 15) is 9.59 Å². The third-order valence-electron chi connectivity index (χ3n) is 2.68. The molecule has 0 radical (unpaired) electrons. The molecule has 1 heterocycles. The fourth-order valence-corrected chi connectivity index (χ4v) is 1.39. The molecule has 1 rings (SSSR count). The molecular formula is C10H19N3O2. The maximum absolute atomic E-state index is 11.5. The second-order valence-corrected chi connectivity index (χ2v) is 4.31. The van der Waals surface area contributed by atoms with Crippen molar-refractivity contribution < 1.29 is 9.59 Å². The summed E-state index contributed by atoms with van der Waals surface area (Å²) in [6.45, 7) is 4.48. The van der Waals surface area contributed by atoms with E-state index in [0.29, 0.717) is 25.3 Å². The summed E-state index contributed by atoms with van der Waals surface area (Å²) in [4.78, 5) is 22.4. The van der Waals surface area contributed by atoms with Crippen LogP contribution in [0.1, 0.15) is 26.7 Å². The zero-order valence-electron chi connectivity index (χ0n) is 9.25. The first-order valence-corrected chi connectivity index (χ1v) is 5.33. The predicted octanol–water partition coefficient (Wildman–Crippen LogP) is -0.635. The molecule has 0 aromatic heterocycles. The van der Waals surface area contributed by atoms with E-state index in [0.717, 1.165) is 0 Å². The van der Waals surface area contributed by atoms with Gasteiger partial charge in [0.25, 0.3) is 0 Å². The van der Waals surface area contributed by atoms with Crippen molar-refractivity contribution in [1.82, 2.24) is 10.6 Å². The maximum atomic E-state index is 11.5. The molecule has 5 nitrogen and oxygen atoms in total. The van der Waals surface area contributed by atoms with Gasteiger partial charge < -0.3 is 16.4 Å². The first-order chi connectivity index (χ1) is 7.00. The van der Waals surface area contributed by atoms with E-state index in [2.05, 4.69) is 10.6 Å². The van der Waals surface area contributed by atoms with Crippen molar-refractivity contribution in [2.75, 3.05) is 6.54 Å². The molecule has 0 spiro atoms. The van der Waals surface area contributed by atoms with Gasteiger partial charge in [0.05, 0.1) is 0 Å². The van der Waals surface area contributed by atoms with Crippen molar-refractivity contribution in [2.45, 2.75) is 38.8 Å². The summed E-state index contributed by atoms with van der Waals surface area (Å²) in [5.41, 5.74) is 5.79. The molecule has 0 aromatic carbocycles. The molecular weight excluding hydrogens is 194 g/mol. The van der Waals surface area contributed by atoms with Gasteiger partial charge in [-0.1, -0.05) is 13.8 Å². The summed E-state index contributed by atoms with van der Waals surface area (Å²) in [7, 11) is 0. The van der Waals surface area contributed by atoms with Crippen molar-refractivity contribution in [3.63, 3.8) is 0 Å². The Hall–Kier alpha value is -1.10. The molecule has 1 aliphatic heterocycles. The maximum Gasteiger partial charge on any atom is 0.242 e. The Morgan fingerprint density at radius 3 is 2.80 bits per heavy atom. The zero-order chi connectivity index (χ0) is 11.4.